The van der Waals surface area contributed by atoms with Crippen LogP contribution in [0.15, 0.2) is 0 Å². The van der Waals surface area contributed by atoms with E-state index in [1.165, 1.54) is 58.3 Å². The molecule has 3 heteroatoms. The van der Waals surface area contributed by atoms with E-state index in [4.69, 9.17) is 0 Å². The zero-order valence-corrected chi connectivity index (χ0v) is 11.2. The van der Waals surface area contributed by atoms with Crippen molar-refractivity contribution in [3.63, 3.8) is 0 Å². The van der Waals surface area contributed by atoms with Crippen LogP contribution in [-0.2, 0) is 0 Å². The highest BCUT2D eigenvalue weighted by Crippen LogP contribution is 2.23. The first-order valence-electron chi connectivity index (χ1n) is 7.38. The van der Waals surface area contributed by atoms with Gasteiger partial charge in [0.05, 0.1) is 6.10 Å². The van der Waals surface area contributed by atoms with Crippen molar-refractivity contribution < 1.29 is 5.11 Å². The number of aliphatic hydroxyl groups excluding tert-OH is 1. The van der Waals surface area contributed by atoms with E-state index in [-0.39, 0.29) is 6.10 Å². The topological polar surface area (TPSA) is 35.5 Å². The summed E-state index contributed by atoms with van der Waals surface area (Å²) in [5.74, 6) is 0.832. The molecule has 3 nitrogen and oxygen atoms in total. The molecule has 0 aromatic heterocycles. The largest absolute Gasteiger partial charge is 0.393 e. The summed E-state index contributed by atoms with van der Waals surface area (Å²) in [5, 5.41) is 13.1. The minimum atomic E-state index is -0.148. The molecule has 17 heavy (non-hydrogen) atoms. The van der Waals surface area contributed by atoms with E-state index in [0.29, 0.717) is 6.04 Å². The monoisotopic (exact) mass is 240 g/mol. The molecule has 2 N–H and O–H groups in total. The average Bonchev–Trinajstić information content (AvgIpc) is 2.32. The van der Waals surface area contributed by atoms with Crippen molar-refractivity contribution in [2.75, 3.05) is 26.2 Å². The SMILES string of the molecule is CC(O)CC1CCCCN1CC1CCCNC1. The molecule has 0 aromatic carbocycles. The lowest BCUT2D eigenvalue weighted by atomic mass is 9.93. The molecule has 0 spiro atoms. The van der Waals surface area contributed by atoms with E-state index in [0.717, 1.165) is 12.3 Å². The summed E-state index contributed by atoms with van der Waals surface area (Å²) in [4.78, 5) is 2.65. The van der Waals surface area contributed by atoms with Gasteiger partial charge >= 0.3 is 0 Å². The van der Waals surface area contributed by atoms with E-state index in [9.17, 15) is 5.11 Å². The van der Waals surface area contributed by atoms with Gasteiger partial charge in [-0.2, -0.15) is 0 Å². The summed E-state index contributed by atoms with van der Waals surface area (Å²) in [6.45, 7) is 6.80. The lowest BCUT2D eigenvalue weighted by Crippen LogP contribution is -2.46. The van der Waals surface area contributed by atoms with Gasteiger partial charge in [0.1, 0.15) is 0 Å². The van der Waals surface area contributed by atoms with Crippen molar-refractivity contribution >= 4 is 0 Å². The van der Waals surface area contributed by atoms with Gasteiger partial charge in [0.15, 0.2) is 0 Å². The van der Waals surface area contributed by atoms with Gasteiger partial charge in [-0.3, -0.25) is 4.90 Å². The zero-order valence-electron chi connectivity index (χ0n) is 11.2. The minimum absolute atomic E-state index is 0.148. The standard InChI is InChI=1S/C14H28N2O/c1-12(17)9-14-6-2-3-8-16(14)11-13-5-4-7-15-10-13/h12-15,17H,2-11H2,1H3. The number of rotatable bonds is 4. The predicted octanol–water partition coefficient (Wildman–Crippen LogP) is 1.61. The molecule has 2 rings (SSSR count). The minimum Gasteiger partial charge on any atom is -0.393 e. The Hall–Kier alpha value is -0.120. The van der Waals surface area contributed by atoms with Crippen LogP contribution in [0, 0.1) is 5.92 Å². The predicted molar refractivity (Wildman–Crippen MR) is 71.1 cm³/mol. The Morgan fingerprint density at radius 1 is 1.29 bits per heavy atom. The molecule has 0 aromatic rings. The summed E-state index contributed by atoms with van der Waals surface area (Å²) in [7, 11) is 0. The first-order chi connectivity index (χ1) is 8.25. The molecule has 2 aliphatic rings. The van der Waals surface area contributed by atoms with Crippen LogP contribution in [0.1, 0.15) is 45.4 Å². The number of hydrogen-bond donors (Lipinski definition) is 2. The summed E-state index contributed by atoms with van der Waals surface area (Å²) in [5.41, 5.74) is 0. The summed E-state index contributed by atoms with van der Waals surface area (Å²) < 4.78 is 0. The summed E-state index contributed by atoms with van der Waals surface area (Å²) in [6, 6.07) is 0.630. The maximum atomic E-state index is 9.59. The average molecular weight is 240 g/mol. The molecule has 2 aliphatic heterocycles. The molecule has 0 radical (unpaired) electrons. The Morgan fingerprint density at radius 3 is 2.88 bits per heavy atom. The molecule has 0 aliphatic carbocycles. The quantitative estimate of drug-likeness (QED) is 0.784. The van der Waals surface area contributed by atoms with Crippen LogP contribution in [0.5, 0.6) is 0 Å². The van der Waals surface area contributed by atoms with E-state index in [1.807, 2.05) is 6.92 Å². The first kappa shape index (κ1) is 13.3. The highest BCUT2D eigenvalue weighted by molar-refractivity contribution is 4.82. The van der Waals surface area contributed by atoms with Gasteiger partial charge in [-0.25, -0.2) is 0 Å². The van der Waals surface area contributed by atoms with E-state index >= 15 is 0 Å². The van der Waals surface area contributed by atoms with Crippen molar-refractivity contribution in [1.82, 2.24) is 10.2 Å². The van der Waals surface area contributed by atoms with Gasteiger partial charge < -0.3 is 10.4 Å². The smallest absolute Gasteiger partial charge is 0.0527 e. The Labute approximate surface area is 106 Å². The fourth-order valence-electron chi connectivity index (χ4n) is 3.37. The molecule has 100 valence electrons. The van der Waals surface area contributed by atoms with E-state index in [2.05, 4.69) is 10.2 Å². The van der Waals surface area contributed by atoms with Crippen molar-refractivity contribution in [3.8, 4) is 0 Å². The lowest BCUT2D eigenvalue weighted by molar-refractivity contribution is 0.0714. The lowest BCUT2D eigenvalue weighted by Gasteiger charge is -2.39. The highest BCUT2D eigenvalue weighted by atomic mass is 16.3. The molecule has 3 unspecified atom stereocenters. The number of hydrogen-bond acceptors (Lipinski definition) is 3. The van der Waals surface area contributed by atoms with Crippen molar-refractivity contribution in [2.24, 2.45) is 5.92 Å². The third-order valence-corrected chi connectivity index (χ3v) is 4.25. The van der Waals surface area contributed by atoms with E-state index < -0.39 is 0 Å². The van der Waals surface area contributed by atoms with Crippen LogP contribution in [0.2, 0.25) is 0 Å². The molecule has 3 atom stereocenters. The van der Waals surface area contributed by atoms with Gasteiger partial charge in [0.2, 0.25) is 0 Å². The fraction of sp³-hybridized carbons (Fsp3) is 1.00. The molecule has 2 heterocycles. The van der Waals surface area contributed by atoms with Gasteiger partial charge in [-0.15, -0.1) is 0 Å². The number of likely N-dealkylation sites (tertiary alicyclic amines) is 1. The summed E-state index contributed by atoms with van der Waals surface area (Å²) >= 11 is 0. The summed E-state index contributed by atoms with van der Waals surface area (Å²) in [6.07, 6.45) is 7.49. The maximum Gasteiger partial charge on any atom is 0.0527 e. The second kappa shape index (κ2) is 6.72. The second-order valence-corrected chi connectivity index (χ2v) is 5.94. The Bertz CT molecular complexity index is 214. The molecule has 0 amide bonds. The first-order valence-corrected chi connectivity index (χ1v) is 7.38. The number of nitrogens with one attached hydrogen (secondary N) is 1. The van der Waals surface area contributed by atoms with Crippen molar-refractivity contribution in [1.29, 1.82) is 0 Å². The normalized spacial score (nSPS) is 33.5. The van der Waals surface area contributed by atoms with E-state index in [1.54, 1.807) is 0 Å². The van der Waals surface area contributed by atoms with Crippen LogP contribution >= 0.6 is 0 Å². The third-order valence-electron chi connectivity index (χ3n) is 4.25. The molecular weight excluding hydrogens is 212 g/mol. The van der Waals surface area contributed by atoms with Crippen LogP contribution in [0.3, 0.4) is 0 Å². The number of nitrogens with zero attached hydrogens (tertiary/aromatic N) is 1. The molecule has 0 saturated carbocycles. The second-order valence-electron chi connectivity index (χ2n) is 5.94. The van der Waals surface area contributed by atoms with Crippen molar-refractivity contribution in [2.45, 2.75) is 57.6 Å². The Kier molecular flexibility index (Phi) is 5.26. The third kappa shape index (κ3) is 4.23. The van der Waals surface area contributed by atoms with Gasteiger partial charge in [0, 0.05) is 12.6 Å². The molecule has 0 bridgehead atoms. The van der Waals surface area contributed by atoms with Gasteiger partial charge in [-0.05, 0) is 64.6 Å². The van der Waals surface area contributed by atoms with Crippen LogP contribution in [-0.4, -0.2) is 48.3 Å². The maximum absolute atomic E-state index is 9.59. The molecule has 2 fully saturated rings. The van der Waals surface area contributed by atoms with Gasteiger partial charge in [0.25, 0.3) is 0 Å². The molecular formula is C14H28N2O. The molecule has 2 saturated heterocycles. The Morgan fingerprint density at radius 2 is 2.18 bits per heavy atom. The zero-order chi connectivity index (χ0) is 12.1. The van der Waals surface area contributed by atoms with Gasteiger partial charge in [-0.1, -0.05) is 6.42 Å². The van der Waals surface area contributed by atoms with Crippen LogP contribution < -0.4 is 5.32 Å². The van der Waals surface area contributed by atoms with Crippen molar-refractivity contribution in [3.05, 3.63) is 0 Å². The highest BCUT2D eigenvalue weighted by Gasteiger charge is 2.26. The fourth-order valence-corrected chi connectivity index (χ4v) is 3.37. The number of piperidine rings is 2. The van der Waals surface area contributed by atoms with Crippen LogP contribution in [0.4, 0.5) is 0 Å². The van der Waals surface area contributed by atoms with Crippen LogP contribution in [0.25, 0.3) is 0 Å². The Balaban J connectivity index is 1.82. The number of aliphatic hydroxyl groups is 1.